The minimum atomic E-state index is -0.128. The highest BCUT2D eigenvalue weighted by Crippen LogP contribution is 2.12. The van der Waals surface area contributed by atoms with Gasteiger partial charge >= 0.3 is 0 Å². The van der Waals surface area contributed by atoms with Gasteiger partial charge in [-0.2, -0.15) is 0 Å². The van der Waals surface area contributed by atoms with E-state index in [0.29, 0.717) is 5.57 Å². The van der Waals surface area contributed by atoms with E-state index in [1.807, 2.05) is 20.8 Å². The summed E-state index contributed by atoms with van der Waals surface area (Å²) in [5, 5.41) is 2.79. The van der Waals surface area contributed by atoms with Crippen LogP contribution in [0.25, 0.3) is 0 Å². The number of hydrogen-bond donors (Lipinski definition) is 1. The molecule has 0 aliphatic carbocycles. The van der Waals surface area contributed by atoms with Crippen LogP contribution < -0.4 is 5.32 Å². The van der Waals surface area contributed by atoms with Crippen LogP contribution in [-0.4, -0.2) is 16.7 Å². The van der Waals surface area contributed by atoms with Crippen LogP contribution in [0.3, 0.4) is 0 Å². The molecule has 0 atom stereocenters. The van der Waals surface area contributed by atoms with Crippen molar-refractivity contribution in [3.05, 3.63) is 11.1 Å². The molecule has 0 aromatic carbocycles. The molecule has 0 bridgehead atoms. The summed E-state index contributed by atoms with van der Waals surface area (Å²) in [6.07, 6.45) is 0.730. The molecule has 4 heteroatoms. The van der Waals surface area contributed by atoms with Crippen molar-refractivity contribution in [3.8, 4) is 0 Å². The maximum atomic E-state index is 11.5. The lowest BCUT2D eigenvalue weighted by molar-refractivity contribution is -0.115. The van der Waals surface area contributed by atoms with E-state index in [1.165, 1.54) is 0 Å². The number of hydrogen-bond acceptors (Lipinski definition) is 2. The lowest BCUT2D eigenvalue weighted by atomic mass is 10.0. The molecule has 0 unspecified atom stereocenters. The Morgan fingerprint density at radius 2 is 2.15 bits per heavy atom. The fourth-order valence-corrected chi connectivity index (χ4v) is 1.47. The van der Waals surface area contributed by atoms with Crippen molar-refractivity contribution in [2.24, 2.45) is 4.99 Å². The number of allylic oxidation sites excluding steroid dienone is 1. The third-order valence-electron chi connectivity index (χ3n) is 1.81. The number of carbonyl (C=O) groups excluding carboxylic acids is 1. The zero-order chi connectivity index (χ0) is 10.0. The first kappa shape index (κ1) is 10.1. The Bertz CT molecular complexity index is 325. The zero-order valence-electron chi connectivity index (χ0n) is 7.97. The first-order valence-corrected chi connectivity index (χ1v) is 4.57. The van der Waals surface area contributed by atoms with Gasteiger partial charge in [-0.25, -0.2) is 4.99 Å². The molecule has 0 saturated carbocycles. The van der Waals surface area contributed by atoms with Crippen molar-refractivity contribution in [2.75, 3.05) is 0 Å². The summed E-state index contributed by atoms with van der Waals surface area (Å²) >= 11 is 4.82. The first-order valence-electron chi connectivity index (χ1n) is 4.17. The predicted molar refractivity (Wildman–Crippen MR) is 56.8 cm³/mol. The third kappa shape index (κ3) is 2.01. The number of rotatable bonds is 1. The van der Waals surface area contributed by atoms with Gasteiger partial charge in [0.05, 0.1) is 11.3 Å². The molecule has 0 radical (unpaired) electrons. The number of carbonyl (C=O) groups is 1. The van der Waals surface area contributed by atoms with Crippen LogP contribution >= 0.6 is 12.2 Å². The van der Waals surface area contributed by atoms with E-state index in [0.717, 1.165) is 17.7 Å². The Labute approximate surface area is 82.9 Å². The van der Waals surface area contributed by atoms with Gasteiger partial charge in [-0.15, -0.1) is 0 Å². The molecule has 1 aliphatic rings. The molecule has 0 saturated heterocycles. The van der Waals surface area contributed by atoms with Gasteiger partial charge in [0, 0.05) is 0 Å². The topological polar surface area (TPSA) is 41.5 Å². The monoisotopic (exact) mass is 196 g/mol. The molecule has 1 rings (SSSR count). The second kappa shape index (κ2) is 3.79. The molecule has 13 heavy (non-hydrogen) atoms. The lowest BCUT2D eigenvalue weighted by Crippen LogP contribution is -2.37. The van der Waals surface area contributed by atoms with Gasteiger partial charge in [-0.3, -0.25) is 10.1 Å². The molecule has 0 aromatic heterocycles. The molecular weight excluding hydrogens is 184 g/mol. The van der Waals surface area contributed by atoms with Crippen molar-refractivity contribution in [3.63, 3.8) is 0 Å². The maximum Gasteiger partial charge on any atom is 0.259 e. The summed E-state index contributed by atoms with van der Waals surface area (Å²) in [6.45, 7) is 5.76. The molecule has 1 N–H and O–H groups in total. The SMILES string of the molecule is CCC1=NC(=S)NC(=O)C1=C(C)C. The normalized spacial score (nSPS) is 16.8. The molecule has 70 valence electrons. The van der Waals surface area contributed by atoms with Gasteiger partial charge in [0.25, 0.3) is 5.91 Å². The van der Waals surface area contributed by atoms with Crippen molar-refractivity contribution in [1.29, 1.82) is 0 Å². The Morgan fingerprint density at radius 3 is 2.62 bits per heavy atom. The fraction of sp³-hybridized carbons (Fsp3) is 0.444. The van der Waals surface area contributed by atoms with Crippen LogP contribution in [-0.2, 0) is 4.79 Å². The molecular formula is C9H12N2OS. The van der Waals surface area contributed by atoms with E-state index in [4.69, 9.17) is 12.2 Å². The van der Waals surface area contributed by atoms with Crippen molar-refractivity contribution < 1.29 is 4.79 Å². The molecule has 0 fully saturated rings. The molecule has 3 nitrogen and oxygen atoms in total. The van der Waals surface area contributed by atoms with E-state index in [2.05, 4.69) is 10.3 Å². The largest absolute Gasteiger partial charge is 0.297 e. The Kier molecular flexibility index (Phi) is 2.93. The van der Waals surface area contributed by atoms with Crippen molar-refractivity contribution in [1.82, 2.24) is 5.32 Å². The van der Waals surface area contributed by atoms with Crippen molar-refractivity contribution >= 4 is 28.9 Å². The zero-order valence-corrected chi connectivity index (χ0v) is 8.79. The lowest BCUT2D eigenvalue weighted by Gasteiger charge is -2.16. The van der Waals surface area contributed by atoms with Crippen molar-refractivity contribution in [2.45, 2.75) is 27.2 Å². The van der Waals surface area contributed by atoms with E-state index in [-0.39, 0.29) is 11.0 Å². The Balaban J connectivity index is 3.21. The minimum Gasteiger partial charge on any atom is -0.297 e. The van der Waals surface area contributed by atoms with Gasteiger partial charge in [0.2, 0.25) is 0 Å². The second-order valence-corrected chi connectivity index (χ2v) is 3.43. The van der Waals surface area contributed by atoms with Crippen LogP contribution in [0.4, 0.5) is 0 Å². The highest BCUT2D eigenvalue weighted by atomic mass is 32.1. The van der Waals surface area contributed by atoms with Crippen LogP contribution in [0.1, 0.15) is 27.2 Å². The van der Waals surface area contributed by atoms with Crippen LogP contribution in [0.15, 0.2) is 16.1 Å². The Hall–Kier alpha value is -1.03. The molecule has 1 amide bonds. The molecule has 0 spiro atoms. The van der Waals surface area contributed by atoms with Crippen LogP contribution in [0.5, 0.6) is 0 Å². The first-order chi connectivity index (χ1) is 6.06. The average Bonchev–Trinajstić information content (AvgIpc) is 2.01. The number of nitrogens with one attached hydrogen (secondary N) is 1. The summed E-state index contributed by atoms with van der Waals surface area (Å²) in [6, 6.07) is 0. The fourth-order valence-electron chi connectivity index (χ4n) is 1.27. The number of amides is 1. The summed E-state index contributed by atoms with van der Waals surface area (Å²) in [5.74, 6) is -0.128. The number of nitrogens with zero attached hydrogens (tertiary/aromatic N) is 1. The Morgan fingerprint density at radius 1 is 1.54 bits per heavy atom. The van der Waals surface area contributed by atoms with Gasteiger partial charge < -0.3 is 0 Å². The van der Waals surface area contributed by atoms with E-state index in [1.54, 1.807) is 0 Å². The van der Waals surface area contributed by atoms with Gasteiger partial charge in [0.15, 0.2) is 5.11 Å². The molecule has 1 heterocycles. The molecule has 0 aromatic rings. The highest BCUT2D eigenvalue weighted by Gasteiger charge is 2.21. The van der Waals surface area contributed by atoms with E-state index in [9.17, 15) is 4.79 Å². The number of thiocarbonyl (C=S) groups is 1. The third-order valence-corrected chi connectivity index (χ3v) is 2.00. The van der Waals surface area contributed by atoms with Gasteiger partial charge in [0.1, 0.15) is 0 Å². The van der Waals surface area contributed by atoms with E-state index >= 15 is 0 Å². The second-order valence-electron chi connectivity index (χ2n) is 3.05. The minimum absolute atomic E-state index is 0.128. The van der Waals surface area contributed by atoms with Crippen LogP contribution in [0, 0.1) is 0 Å². The van der Waals surface area contributed by atoms with Gasteiger partial charge in [-0.05, 0) is 32.5 Å². The highest BCUT2D eigenvalue weighted by molar-refractivity contribution is 7.80. The quantitative estimate of drug-likeness (QED) is 0.511. The summed E-state index contributed by atoms with van der Waals surface area (Å²) < 4.78 is 0. The summed E-state index contributed by atoms with van der Waals surface area (Å²) in [5.41, 5.74) is 2.44. The average molecular weight is 196 g/mol. The van der Waals surface area contributed by atoms with Crippen LogP contribution in [0.2, 0.25) is 0 Å². The smallest absolute Gasteiger partial charge is 0.259 e. The predicted octanol–water partition coefficient (Wildman–Crippen LogP) is 1.59. The number of aliphatic imine (C=N–C) groups is 1. The van der Waals surface area contributed by atoms with E-state index < -0.39 is 0 Å². The van der Waals surface area contributed by atoms with Gasteiger partial charge in [-0.1, -0.05) is 12.5 Å². The standard InChI is InChI=1S/C9H12N2OS/c1-4-6-7(5(2)3)8(12)11-9(13)10-6/h4H2,1-3H3,(H,11,12,13). The molecule has 1 aliphatic heterocycles. The summed E-state index contributed by atoms with van der Waals surface area (Å²) in [7, 11) is 0. The maximum absolute atomic E-state index is 11.5. The summed E-state index contributed by atoms with van der Waals surface area (Å²) in [4.78, 5) is 15.6.